The van der Waals surface area contributed by atoms with Crippen molar-refractivity contribution in [3.63, 3.8) is 0 Å². The summed E-state index contributed by atoms with van der Waals surface area (Å²) in [6.45, 7) is 5.40. The van der Waals surface area contributed by atoms with E-state index in [0.29, 0.717) is 25.2 Å². The van der Waals surface area contributed by atoms with E-state index in [0.717, 1.165) is 0 Å². The summed E-state index contributed by atoms with van der Waals surface area (Å²) >= 11 is 0. The molecule has 0 radical (unpaired) electrons. The standard InChI is InChI=1S/C13H19N3O4S/c1-13(2)10-15(8-7-14-13)21(19,20)9-11-3-5-12(6-4-11)16(17)18/h3-6,14H,7-10H2,1-2H3. The van der Waals surface area contributed by atoms with Gasteiger partial charge in [-0.2, -0.15) is 4.31 Å². The molecule has 1 fully saturated rings. The largest absolute Gasteiger partial charge is 0.309 e. The minimum absolute atomic E-state index is 0.0422. The van der Waals surface area contributed by atoms with Gasteiger partial charge >= 0.3 is 0 Å². The van der Waals surface area contributed by atoms with Gasteiger partial charge in [-0.3, -0.25) is 10.1 Å². The van der Waals surface area contributed by atoms with Gasteiger partial charge in [-0.15, -0.1) is 0 Å². The molecule has 2 rings (SSSR count). The monoisotopic (exact) mass is 313 g/mol. The molecular formula is C13H19N3O4S. The van der Waals surface area contributed by atoms with E-state index in [-0.39, 0.29) is 17.0 Å². The maximum Gasteiger partial charge on any atom is 0.269 e. The first-order valence-electron chi connectivity index (χ1n) is 6.66. The molecule has 1 N–H and O–H groups in total. The average Bonchev–Trinajstić information content (AvgIpc) is 2.37. The van der Waals surface area contributed by atoms with Crippen LogP contribution < -0.4 is 5.32 Å². The van der Waals surface area contributed by atoms with E-state index < -0.39 is 14.9 Å². The van der Waals surface area contributed by atoms with Crippen LogP contribution in [0.3, 0.4) is 0 Å². The van der Waals surface area contributed by atoms with Gasteiger partial charge in [0.15, 0.2) is 0 Å². The van der Waals surface area contributed by atoms with Crippen LogP contribution in [-0.4, -0.2) is 42.8 Å². The van der Waals surface area contributed by atoms with Crippen molar-refractivity contribution >= 4 is 15.7 Å². The van der Waals surface area contributed by atoms with E-state index in [1.54, 1.807) is 0 Å². The summed E-state index contributed by atoms with van der Waals surface area (Å²) in [5, 5.41) is 13.9. The van der Waals surface area contributed by atoms with Gasteiger partial charge in [-0.05, 0) is 19.4 Å². The summed E-state index contributed by atoms with van der Waals surface area (Å²) in [6.07, 6.45) is 0. The van der Waals surface area contributed by atoms with Crippen LogP contribution in [0.15, 0.2) is 24.3 Å². The van der Waals surface area contributed by atoms with Crippen LogP contribution in [0.4, 0.5) is 5.69 Å². The zero-order valence-corrected chi connectivity index (χ0v) is 12.9. The van der Waals surface area contributed by atoms with Gasteiger partial charge in [0.05, 0.1) is 10.7 Å². The highest BCUT2D eigenvalue weighted by molar-refractivity contribution is 7.88. The van der Waals surface area contributed by atoms with E-state index in [1.807, 2.05) is 13.8 Å². The van der Waals surface area contributed by atoms with Crippen LogP contribution >= 0.6 is 0 Å². The molecule has 1 saturated heterocycles. The Morgan fingerprint density at radius 3 is 2.48 bits per heavy atom. The van der Waals surface area contributed by atoms with E-state index in [9.17, 15) is 18.5 Å². The summed E-state index contributed by atoms with van der Waals surface area (Å²) in [6, 6.07) is 5.63. The number of nitrogens with zero attached hydrogens (tertiary/aromatic N) is 2. The molecular weight excluding hydrogens is 294 g/mol. The SMILES string of the molecule is CC1(C)CN(S(=O)(=O)Cc2ccc([N+](=O)[O-])cc2)CCN1. The Kier molecular flexibility index (Phi) is 4.31. The molecule has 0 amide bonds. The van der Waals surface area contributed by atoms with Crippen molar-refractivity contribution in [3.8, 4) is 0 Å². The summed E-state index contributed by atoms with van der Waals surface area (Å²) in [7, 11) is -3.42. The maximum atomic E-state index is 12.4. The highest BCUT2D eigenvalue weighted by Crippen LogP contribution is 2.19. The molecule has 0 aromatic heterocycles. The second kappa shape index (κ2) is 5.70. The molecule has 0 aliphatic carbocycles. The van der Waals surface area contributed by atoms with Crippen molar-refractivity contribution < 1.29 is 13.3 Å². The number of hydrogen-bond acceptors (Lipinski definition) is 5. The van der Waals surface area contributed by atoms with Gasteiger partial charge < -0.3 is 5.32 Å². The fourth-order valence-electron chi connectivity index (χ4n) is 2.35. The highest BCUT2D eigenvalue weighted by Gasteiger charge is 2.32. The Balaban J connectivity index is 2.12. The lowest BCUT2D eigenvalue weighted by molar-refractivity contribution is -0.384. The highest BCUT2D eigenvalue weighted by atomic mass is 32.2. The molecule has 8 heteroatoms. The molecule has 0 saturated carbocycles. The van der Waals surface area contributed by atoms with Gasteiger partial charge in [0.25, 0.3) is 5.69 Å². The van der Waals surface area contributed by atoms with Crippen LogP contribution in [-0.2, 0) is 15.8 Å². The van der Waals surface area contributed by atoms with Crippen molar-refractivity contribution in [3.05, 3.63) is 39.9 Å². The Bertz CT molecular complexity index is 625. The number of rotatable bonds is 4. The smallest absolute Gasteiger partial charge is 0.269 e. The number of piperazine rings is 1. The predicted octanol–water partition coefficient (Wildman–Crippen LogP) is 1.11. The van der Waals surface area contributed by atoms with Crippen LogP contribution in [0.25, 0.3) is 0 Å². The first-order chi connectivity index (χ1) is 9.70. The molecule has 7 nitrogen and oxygen atoms in total. The Labute approximate surface area is 124 Å². The van der Waals surface area contributed by atoms with Crippen molar-refractivity contribution in [1.29, 1.82) is 0 Å². The third-order valence-corrected chi connectivity index (χ3v) is 5.22. The molecule has 1 aliphatic rings. The first-order valence-corrected chi connectivity index (χ1v) is 8.27. The molecule has 0 spiro atoms. The second-order valence-electron chi connectivity index (χ2n) is 5.82. The Morgan fingerprint density at radius 2 is 1.95 bits per heavy atom. The first kappa shape index (κ1) is 15.9. The van der Waals surface area contributed by atoms with Crippen LogP contribution in [0.5, 0.6) is 0 Å². The Hall–Kier alpha value is -1.51. The lowest BCUT2D eigenvalue weighted by Crippen LogP contribution is -2.58. The number of nitro benzene ring substituents is 1. The van der Waals surface area contributed by atoms with Gasteiger partial charge in [0.2, 0.25) is 10.0 Å². The summed E-state index contributed by atoms with van der Waals surface area (Å²) in [5.41, 5.74) is 0.261. The fraction of sp³-hybridized carbons (Fsp3) is 0.538. The molecule has 1 aromatic rings. The summed E-state index contributed by atoms with van der Waals surface area (Å²) < 4.78 is 26.3. The van der Waals surface area contributed by atoms with Gasteiger partial charge in [-0.25, -0.2) is 8.42 Å². The third-order valence-electron chi connectivity index (χ3n) is 3.43. The molecule has 0 bridgehead atoms. The number of nitrogens with one attached hydrogen (secondary N) is 1. The van der Waals surface area contributed by atoms with Gasteiger partial charge in [0, 0.05) is 37.3 Å². The molecule has 1 heterocycles. The van der Waals surface area contributed by atoms with Crippen molar-refractivity contribution in [2.24, 2.45) is 0 Å². The normalized spacial score (nSPS) is 19.3. The van der Waals surface area contributed by atoms with Crippen LogP contribution in [0.2, 0.25) is 0 Å². The lowest BCUT2D eigenvalue weighted by Gasteiger charge is -2.38. The van der Waals surface area contributed by atoms with Crippen LogP contribution in [0, 0.1) is 10.1 Å². The molecule has 0 unspecified atom stereocenters. The zero-order valence-electron chi connectivity index (χ0n) is 12.1. The summed E-state index contributed by atoms with van der Waals surface area (Å²) in [5.74, 6) is -0.138. The molecule has 1 aromatic carbocycles. The quantitative estimate of drug-likeness (QED) is 0.664. The molecule has 116 valence electrons. The molecule has 1 aliphatic heterocycles. The number of non-ortho nitro benzene ring substituents is 1. The molecule has 21 heavy (non-hydrogen) atoms. The second-order valence-corrected chi connectivity index (χ2v) is 7.79. The minimum atomic E-state index is -3.42. The average molecular weight is 313 g/mol. The lowest BCUT2D eigenvalue weighted by atomic mass is 10.0. The maximum absolute atomic E-state index is 12.4. The topological polar surface area (TPSA) is 92.5 Å². The fourth-order valence-corrected chi connectivity index (χ4v) is 4.03. The van der Waals surface area contributed by atoms with Crippen molar-refractivity contribution in [2.75, 3.05) is 19.6 Å². The molecule has 0 atom stereocenters. The van der Waals surface area contributed by atoms with E-state index in [2.05, 4.69) is 5.32 Å². The van der Waals surface area contributed by atoms with Gasteiger partial charge in [0.1, 0.15) is 0 Å². The predicted molar refractivity (Wildman–Crippen MR) is 79.4 cm³/mol. The minimum Gasteiger partial charge on any atom is -0.309 e. The van der Waals surface area contributed by atoms with E-state index in [4.69, 9.17) is 0 Å². The number of sulfonamides is 1. The van der Waals surface area contributed by atoms with Crippen LogP contribution in [0.1, 0.15) is 19.4 Å². The summed E-state index contributed by atoms with van der Waals surface area (Å²) in [4.78, 5) is 10.1. The number of nitro groups is 1. The number of hydrogen-bond donors (Lipinski definition) is 1. The third kappa shape index (κ3) is 3.99. The van der Waals surface area contributed by atoms with Crippen molar-refractivity contribution in [1.82, 2.24) is 9.62 Å². The van der Waals surface area contributed by atoms with Crippen molar-refractivity contribution in [2.45, 2.75) is 25.1 Å². The van der Waals surface area contributed by atoms with E-state index >= 15 is 0 Å². The zero-order chi connectivity index (χ0) is 15.7. The van der Waals surface area contributed by atoms with Gasteiger partial charge in [-0.1, -0.05) is 12.1 Å². The van der Waals surface area contributed by atoms with E-state index in [1.165, 1.54) is 28.6 Å². The Morgan fingerprint density at radius 1 is 1.33 bits per heavy atom. The number of benzene rings is 1.